The predicted octanol–water partition coefficient (Wildman–Crippen LogP) is 1.87. The number of hydrogen-bond acceptors (Lipinski definition) is 5. The Morgan fingerprint density at radius 3 is 3.05 bits per heavy atom. The number of aromatic nitrogens is 2. The molecule has 21 heavy (non-hydrogen) atoms. The van der Waals surface area contributed by atoms with Crippen molar-refractivity contribution in [2.75, 3.05) is 18.0 Å². The average Bonchev–Trinajstić information content (AvgIpc) is 3.01. The molecular formula is C15H18N4OS. The van der Waals surface area contributed by atoms with Crippen LogP contribution in [0.25, 0.3) is 0 Å². The Bertz CT molecular complexity index is 573. The average molecular weight is 302 g/mol. The molecule has 0 bridgehead atoms. The molecule has 1 aliphatic heterocycles. The Morgan fingerprint density at radius 1 is 1.43 bits per heavy atom. The van der Waals surface area contributed by atoms with Gasteiger partial charge < -0.3 is 10.2 Å². The lowest BCUT2D eigenvalue weighted by molar-refractivity contribution is -0.121. The topological polar surface area (TPSA) is 58.1 Å². The molecule has 0 radical (unpaired) electrons. The van der Waals surface area contributed by atoms with Crippen LogP contribution in [0.3, 0.4) is 0 Å². The maximum atomic E-state index is 12.1. The number of thiophene rings is 1. The van der Waals surface area contributed by atoms with Crippen molar-refractivity contribution < 1.29 is 4.79 Å². The second-order valence-electron chi connectivity index (χ2n) is 5.21. The molecule has 0 aliphatic carbocycles. The van der Waals surface area contributed by atoms with Gasteiger partial charge in [0.2, 0.25) is 11.9 Å². The van der Waals surface area contributed by atoms with Crippen LogP contribution in [-0.2, 0) is 11.2 Å². The molecule has 2 aromatic heterocycles. The molecule has 0 saturated carbocycles. The molecule has 1 saturated heterocycles. The van der Waals surface area contributed by atoms with Crippen molar-refractivity contribution in [2.24, 2.45) is 0 Å². The van der Waals surface area contributed by atoms with Gasteiger partial charge in [-0.1, -0.05) is 0 Å². The summed E-state index contributed by atoms with van der Waals surface area (Å²) in [5.41, 5.74) is 1.08. The molecule has 5 nitrogen and oxygen atoms in total. The van der Waals surface area contributed by atoms with Gasteiger partial charge in [-0.3, -0.25) is 4.79 Å². The summed E-state index contributed by atoms with van der Waals surface area (Å²) >= 11 is 1.62. The van der Waals surface area contributed by atoms with Crippen molar-refractivity contribution >= 4 is 23.2 Å². The van der Waals surface area contributed by atoms with Crippen LogP contribution in [0.15, 0.2) is 35.3 Å². The zero-order valence-electron chi connectivity index (χ0n) is 11.7. The van der Waals surface area contributed by atoms with E-state index in [-0.39, 0.29) is 11.9 Å². The fourth-order valence-corrected chi connectivity index (χ4v) is 3.26. The second-order valence-corrected chi connectivity index (χ2v) is 5.99. The normalized spacial score (nSPS) is 18.5. The highest BCUT2D eigenvalue weighted by molar-refractivity contribution is 7.07. The van der Waals surface area contributed by atoms with E-state index in [4.69, 9.17) is 0 Å². The van der Waals surface area contributed by atoms with Gasteiger partial charge in [0, 0.05) is 31.5 Å². The third-order valence-corrected chi connectivity index (χ3v) is 4.30. The van der Waals surface area contributed by atoms with Crippen molar-refractivity contribution in [2.45, 2.75) is 25.3 Å². The number of carbonyl (C=O) groups excluding carboxylic acids is 1. The van der Waals surface area contributed by atoms with Gasteiger partial charge in [-0.05, 0) is 41.3 Å². The van der Waals surface area contributed by atoms with E-state index in [9.17, 15) is 4.79 Å². The van der Waals surface area contributed by atoms with Gasteiger partial charge in [-0.2, -0.15) is 11.3 Å². The van der Waals surface area contributed by atoms with E-state index in [1.54, 1.807) is 23.7 Å². The Morgan fingerprint density at radius 2 is 2.29 bits per heavy atom. The van der Waals surface area contributed by atoms with Crippen LogP contribution in [0.1, 0.15) is 18.4 Å². The van der Waals surface area contributed by atoms with Crippen molar-refractivity contribution in [3.63, 3.8) is 0 Å². The number of anilines is 1. The van der Waals surface area contributed by atoms with Crippen LogP contribution in [0.5, 0.6) is 0 Å². The maximum absolute atomic E-state index is 12.1. The molecule has 2 aromatic rings. The molecule has 6 heteroatoms. The molecule has 1 atom stereocenters. The molecule has 110 valence electrons. The number of nitrogens with zero attached hydrogens (tertiary/aromatic N) is 3. The van der Waals surface area contributed by atoms with E-state index in [0.717, 1.165) is 37.4 Å². The summed E-state index contributed by atoms with van der Waals surface area (Å²) in [6.07, 6.45) is 6.02. The maximum Gasteiger partial charge on any atom is 0.225 e. The van der Waals surface area contributed by atoms with Gasteiger partial charge >= 0.3 is 0 Å². The number of carbonyl (C=O) groups is 1. The lowest BCUT2D eigenvalue weighted by Gasteiger charge is -2.33. The van der Waals surface area contributed by atoms with Crippen LogP contribution in [0.4, 0.5) is 5.95 Å². The zero-order chi connectivity index (χ0) is 14.5. The Balaban J connectivity index is 1.55. The van der Waals surface area contributed by atoms with Crippen molar-refractivity contribution in [1.29, 1.82) is 0 Å². The van der Waals surface area contributed by atoms with Crippen molar-refractivity contribution in [1.82, 2.24) is 15.3 Å². The minimum Gasteiger partial charge on any atom is -0.351 e. The molecule has 1 unspecified atom stereocenters. The molecule has 1 N–H and O–H groups in total. The SMILES string of the molecule is O=C(Cc1ccsc1)NC1CCCN(c2ncccn2)C1. The van der Waals surface area contributed by atoms with E-state index in [1.807, 2.05) is 22.9 Å². The number of nitrogens with one attached hydrogen (secondary N) is 1. The van der Waals surface area contributed by atoms with E-state index in [1.165, 1.54) is 0 Å². The van der Waals surface area contributed by atoms with E-state index in [0.29, 0.717) is 6.42 Å². The fraction of sp³-hybridized carbons (Fsp3) is 0.400. The highest BCUT2D eigenvalue weighted by Gasteiger charge is 2.22. The Labute approximate surface area is 128 Å². The van der Waals surface area contributed by atoms with Gasteiger partial charge in [-0.25, -0.2) is 9.97 Å². The van der Waals surface area contributed by atoms with Crippen molar-refractivity contribution in [3.8, 4) is 0 Å². The fourth-order valence-electron chi connectivity index (χ4n) is 2.59. The molecule has 0 aromatic carbocycles. The highest BCUT2D eigenvalue weighted by Crippen LogP contribution is 2.15. The summed E-state index contributed by atoms with van der Waals surface area (Å²) in [5.74, 6) is 0.837. The second kappa shape index (κ2) is 6.67. The van der Waals surface area contributed by atoms with Gasteiger partial charge in [0.1, 0.15) is 0 Å². The minimum atomic E-state index is 0.0919. The number of hydrogen-bond donors (Lipinski definition) is 1. The minimum absolute atomic E-state index is 0.0919. The van der Waals surface area contributed by atoms with Crippen LogP contribution in [0.2, 0.25) is 0 Å². The van der Waals surface area contributed by atoms with Gasteiger partial charge in [0.25, 0.3) is 0 Å². The van der Waals surface area contributed by atoms with E-state index >= 15 is 0 Å². The number of amides is 1. The summed E-state index contributed by atoms with van der Waals surface area (Å²) in [6, 6.07) is 3.98. The first-order valence-corrected chi connectivity index (χ1v) is 8.08. The summed E-state index contributed by atoms with van der Waals surface area (Å²) in [4.78, 5) is 22.8. The molecular weight excluding hydrogens is 284 g/mol. The van der Waals surface area contributed by atoms with Crippen LogP contribution >= 0.6 is 11.3 Å². The van der Waals surface area contributed by atoms with Gasteiger partial charge in [0.15, 0.2) is 0 Å². The largest absolute Gasteiger partial charge is 0.351 e. The monoisotopic (exact) mass is 302 g/mol. The van der Waals surface area contributed by atoms with Crippen LogP contribution in [-0.4, -0.2) is 35.0 Å². The first-order valence-electron chi connectivity index (χ1n) is 7.13. The molecule has 3 rings (SSSR count). The zero-order valence-corrected chi connectivity index (χ0v) is 12.6. The summed E-state index contributed by atoms with van der Waals surface area (Å²) in [5, 5.41) is 7.14. The molecule has 3 heterocycles. The summed E-state index contributed by atoms with van der Waals surface area (Å²) in [6.45, 7) is 1.72. The number of piperidine rings is 1. The Hall–Kier alpha value is -1.95. The van der Waals surface area contributed by atoms with E-state index in [2.05, 4.69) is 20.2 Å². The quantitative estimate of drug-likeness (QED) is 0.936. The summed E-state index contributed by atoms with van der Waals surface area (Å²) in [7, 11) is 0. The third kappa shape index (κ3) is 3.78. The van der Waals surface area contributed by atoms with Crippen molar-refractivity contribution in [3.05, 3.63) is 40.8 Å². The lowest BCUT2D eigenvalue weighted by Crippen LogP contribution is -2.48. The smallest absolute Gasteiger partial charge is 0.225 e. The van der Waals surface area contributed by atoms with Gasteiger partial charge in [-0.15, -0.1) is 0 Å². The summed E-state index contributed by atoms with van der Waals surface area (Å²) < 4.78 is 0. The molecule has 1 aliphatic rings. The van der Waals surface area contributed by atoms with Gasteiger partial charge in [0.05, 0.1) is 6.42 Å². The molecule has 1 amide bonds. The Kier molecular flexibility index (Phi) is 4.45. The van der Waals surface area contributed by atoms with E-state index < -0.39 is 0 Å². The predicted molar refractivity (Wildman–Crippen MR) is 83.4 cm³/mol. The first-order chi connectivity index (χ1) is 10.3. The van der Waals surface area contributed by atoms with Crippen LogP contribution < -0.4 is 10.2 Å². The van der Waals surface area contributed by atoms with Crippen LogP contribution in [0, 0.1) is 0 Å². The first kappa shape index (κ1) is 14.0. The number of rotatable bonds is 4. The third-order valence-electron chi connectivity index (χ3n) is 3.57. The standard InChI is InChI=1S/C15H18N4OS/c20-14(9-12-4-8-21-11-12)18-13-3-1-7-19(10-13)15-16-5-2-6-17-15/h2,4-6,8,11,13H,1,3,7,9-10H2,(H,18,20). The molecule has 1 fully saturated rings. The molecule has 0 spiro atoms. The lowest BCUT2D eigenvalue weighted by atomic mass is 10.1. The highest BCUT2D eigenvalue weighted by atomic mass is 32.1.